The van der Waals surface area contributed by atoms with Crippen LogP contribution in [0.2, 0.25) is 0 Å². The topological polar surface area (TPSA) is 131 Å². The molecule has 0 saturated carbocycles. The molecule has 11 nitrogen and oxygen atoms in total. The molecule has 1 aromatic carbocycles. The zero-order valence-corrected chi connectivity index (χ0v) is 26.5. The Bertz CT molecular complexity index is 1980. The first-order valence-corrected chi connectivity index (χ1v) is 15.6. The number of nitrogens with two attached hydrogens (primary N) is 1. The molecule has 4 aromatic rings. The molecule has 0 radical (unpaired) electrons. The van der Waals surface area contributed by atoms with Gasteiger partial charge in [-0.1, -0.05) is 32.6 Å². The van der Waals surface area contributed by atoms with Crippen molar-refractivity contribution in [2.75, 3.05) is 31.1 Å². The number of primary amides is 1. The molecule has 13 heteroatoms. The quantitative estimate of drug-likeness (QED) is 0.330. The Morgan fingerprint density at radius 3 is 2.55 bits per heavy atom. The van der Waals surface area contributed by atoms with Gasteiger partial charge in [0.2, 0.25) is 5.91 Å². The first kappa shape index (κ1) is 31.8. The van der Waals surface area contributed by atoms with Gasteiger partial charge in [-0.05, 0) is 61.1 Å². The summed E-state index contributed by atoms with van der Waals surface area (Å²) in [4.78, 5) is 57.9. The van der Waals surface area contributed by atoms with Crippen LogP contribution in [0.15, 0.2) is 54.0 Å². The van der Waals surface area contributed by atoms with Crippen LogP contribution in [0.4, 0.5) is 19.4 Å². The lowest BCUT2D eigenvalue weighted by Crippen LogP contribution is -2.54. The molecule has 2 bridgehead atoms. The van der Waals surface area contributed by atoms with Crippen LogP contribution >= 0.6 is 0 Å². The van der Waals surface area contributed by atoms with Crippen LogP contribution in [0.1, 0.15) is 49.9 Å². The van der Waals surface area contributed by atoms with Gasteiger partial charge in [0.15, 0.2) is 5.65 Å². The predicted molar refractivity (Wildman–Crippen MR) is 174 cm³/mol. The van der Waals surface area contributed by atoms with Crippen LogP contribution in [-0.2, 0) is 17.8 Å². The van der Waals surface area contributed by atoms with Crippen molar-refractivity contribution in [1.29, 1.82) is 0 Å². The molecule has 2 aliphatic heterocycles. The number of aromatic nitrogens is 4. The summed E-state index contributed by atoms with van der Waals surface area (Å²) in [6.07, 6.45) is 3.84. The fourth-order valence-electron chi connectivity index (χ4n) is 6.60. The lowest BCUT2D eigenvalue weighted by Gasteiger charge is -2.40. The number of nitrogens with zero attached hydrogens (tertiary/aromatic N) is 7. The van der Waals surface area contributed by atoms with Crippen molar-refractivity contribution in [3.05, 3.63) is 88.1 Å². The zero-order chi connectivity index (χ0) is 33.6. The fraction of sp³-hybridized carbons (Fsp3) is 0.353. The fourth-order valence-corrected chi connectivity index (χ4v) is 6.60. The monoisotopic (exact) mass is 642 g/mol. The number of piperazine rings is 1. The number of anilines is 1. The maximum Gasteiger partial charge on any atom is 0.355 e. The van der Waals surface area contributed by atoms with Crippen LogP contribution in [-0.4, -0.2) is 73.5 Å². The summed E-state index contributed by atoms with van der Waals surface area (Å²) in [6, 6.07) is 6.34. The van der Waals surface area contributed by atoms with Gasteiger partial charge in [0, 0.05) is 50.5 Å². The molecule has 0 aliphatic carbocycles. The Morgan fingerprint density at radius 2 is 1.85 bits per heavy atom. The SMILES string of the molecule is C=CC(=O)N1CCN(c2nc(=O)n3c4nc(c(F)cc24)-c2c(F)cccc2CN(C(N)=O)CCCc2ccnc(C(C)C)c2-3)[C@@H](C)C1. The van der Waals surface area contributed by atoms with E-state index in [1.807, 2.05) is 25.7 Å². The van der Waals surface area contributed by atoms with Crippen molar-refractivity contribution in [3.63, 3.8) is 0 Å². The average molecular weight is 643 g/mol. The molecule has 5 heterocycles. The van der Waals surface area contributed by atoms with E-state index in [1.54, 1.807) is 23.2 Å². The Morgan fingerprint density at radius 1 is 1.06 bits per heavy atom. The van der Waals surface area contributed by atoms with Crippen LogP contribution in [0.3, 0.4) is 0 Å². The number of benzene rings is 1. The predicted octanol–water partition coefficient (Wildman–Crippen LogP) is 4.29. The Kier molecular flexibility index (Phi) is 8.47. The number of amides is 3. The lowest BCUT2D eigenvalue weighted by atomic mass is 10.0. The highest BCUT2D eigenvalue weighted by Gasteiger charge is 2.31. The molecule has 3 aromatic heterocycles. The highest BCUT2D eigenvalue weighted by atomic mass is 19.1. The Labute approximate surface area is 270 Å². The number of urea groups is 1. The van der Waals surface area contributed by atoms with Crippen molar-refractivity contribution in [2.24, 2.45) is 5.73 Å². The van der Waals surface area contributed by atoms with Crippen LogP contribution < -0.4 is 16.3 Å². The van der Waals surface area contributed by atoms with E-state index in [0.29, 0.717) is 49.4 Å². The van der Waals surface area contributed by atoms with Gasteiger partial charge >= 0.3 is 11.7 Å². The van der Waals surface area contributed by atoms with Gasteiger partial charge in [0.1, 0.15) is 23.1 Å². The first-order valence-electron chi connectivity index (χ1n) is 15.6. The largest absolute Gasteiger partial charge is 0.355 e. The normalized spacial score (nSPS) is 16.7. The molecular formula is C34H36F2N8O3. The molecule has 0 spiro atoms. The van der Waals surface area contributed by atoms with Crippen LogP contribution in [0.25, 0.3) is 28.0 Å². The number of fused-ring (bicyclic) bond motifs is 5. The van der Waals surface area contributed by atoms with Gasteiger partial charge in [-0.15, -0.1) is 0 Å². The highest BCUT2D eigenvalue weighted by molar-refractivity contribution is 5.91. The van der Waals surface area contributed by atoms with Crippen molar-refractivity contribution >= 4 is 28.8 Å². The number of carbonyl (C=O) groups is 2. The minimum Gasteiger partial charge on any atom is -0.351 e. The minimum atomic E-state index is -0.832. The van der Waals surface area contributed by atoms with Gasteiger partial charge in [0.05, 0.1) is 16.8 Å². The average Bonchev–Trinajstić information content (AvgIpc) is 3.04. The van der Waals surface area contributed by atoms with Crippen molar-refractivity contribution in [3.8, 4) is 16.9 Å². The highest BCUT2D eigenvalue weighted by Crippen LogP contribution is 2.36. The van der Waals surface area contributed by atoms with Crippen molar-refractivity contribution in [2.45, 2.75) is 52.1 Å². The molecule has 2 aliphatic rings. The van der Waals surface area contributed by atoms with E-state index >= 15 is 8.78 Å². The number of hydrogen-bond donors (Lipinski definition) is 1. The second kappa shape index (κ2) is 12.5. The molecule has 0 unspecified atom stereocenters. The number of aryl methyl sites for hydroxylation is 1. The smallest absolute Gasteiger partial charge is 0.351 e. The van der Waals surface area contributed by atoms with E-state index in [9.17, 15) is 14.4 Å². The molecular weight excluding hydrogens is 606 g/mol. The second-order valence-corrected chi connectivity index (χ2v) is 12.3. The van der Waals surface area contributed by atoms with Crippen molar-refractivity contribution in [1.82, 2.24) is 29.3 Å². The Balaban J connectivity index is 1.69. The van der Waals surface area contributed by atoms with Gasteiger partial charge in [-0.3, -0.25) is 9.78 Å². The van der Waals surface area contributed by atoms with Gasteiger partial charge in [0.25, 0.3) is 0 Å². The number of halogens is 2. The number of rotatable bonds is 3. The van der Waals surface area contributed by atoms with Gasteiger partial charge in [-0.25, -0.2) is 27.9 Å². The van der Waals surface area contributed by atoms with E-state index in [0.717, 1.165) is 5.56 Å². The summed E-state index contributed by atoms with van der Waals surface area (Å²) >= 11 is 0. The third kappa shape index (κ3) is 5.70. The minimum absolute atomic E-state index is 0.0678. The molecule has 244 valence electrons. The van der Waals surface area contributed by atoms with Crippen molar-refractivity contribution < 1.29 is 18.4 Å². The molecule has 1 saturated heterocycles. The second-order valence-electron chi connectivity index (χ2n) is 12.3. The number of pyridine rings is 2. The molecule has 3 amide bonds. The summed E-state index contributed by atoms with van der Waals surface area (Å²) in [6.45, 7) is 10.5. The molecule has 1 atom stereocenters. The lowest BCUT2D eigenvalue weighted by molar-refractivity contribution is -0.126. The third-order valence-corrected chi connectivity index (χ3v) is 8.88. The number of carbonyl (C=O) groups excluding carboxylic acids is 2. The van der Waals surface area contributed by atoms with E-state index in [2.05, 4.69) is 16.5 Å². The summed E-state index contributed by atoms with van der Waals surface area (Å²) < 4.78 is 33.5. The van der Waals surface area contributed by atoms with E-state index < -0.39 is 23.4 Å². The third-order valence-electron chi connectivity index (χ3n) is 8.88. The molecule has 47 heavy (non-hydrogen) atoms. The van der Waals surface area contributed by atoms with E-state index in [1.165, 1.54) is 33.7 Å². The number of hydrogen-bond acceptors (Lipinski definition) is 7. The maximum absolute atomic E-state index is 16.4. The maximum atomic E-state index is 16.4. The molecule has 2 N–H and O–H groups in total. The standard InChI is InChI=1S/C34H36F2N8O3/c1-5-26(45)41-14-15-43(20(4)17-41)31-23-16-25(36)29-27-22(8-6-10-24(27)35)18-42(33(37)46)13-7-9-21-11-12-38-28(19(2)3)30(21)44(32(23)39-29)34(47)40-31/h5-6,8,10-12,16,19-20H,1,7,9,13-15,17-18H2,2-4H3,(H2,37,46)/t20-/m0/s1. The molecule has 6 rings (SSSR count). The zero-order valence-electron chi connectivity index (χ0n) is 26.5. The summed E-state index contributed by atoms with van der Waals surface area (Å²) in [7, 11) is 0. The summed E-state index contributed by atoms with van der Waals surface area (Å²) in [5, 5.41) is 0.247. The first-order chi connectivity index (χ1) is 22.5. The van der Waals surface area contributed by atoms with Crippen LogP contribution in [0.5, 0.6) is 0 Å². The summed E-state index contributed by atoms with van der Waals surface area (Å²) in [5.74, 6) is -1.69. The molecule has 1 fully saturated rings. The Hall–Kier alpha value is -5.20. The van der Waals surface area contributed by atoms with E-state index in [4.69, 9.17) is 10.7 Å². The summed E-state index contributed by atoms with van der Waals surface area (Å²) in [5.41, 5.74) is 6.87. The van der Waals surface area contributed by atoms with Crippen LogP contribution in [0, 0.1) is 11.6 Å². The van der Waals surface area contributed by atoms with E-state index in [-0.39, 0.29) is 59.1 Å². The van der Waals surface area contributed by atoms with Gasteiger partial charge < -0.3 is 20.4 Å². The van der Waals surface area contributed by atoms with Gasteiger partial charge in [-0.2, -0.15) is 4.98 Å².